The van der Waals surface area contributed by atoms with E-state index in [1.165, 1.54) is 0 Å². The van der Waals surface area contributed by atoms with Crippen molar-refractivity contribution in [3.63, 3.8) is 0 Å². The average molecular weight is 231 g/mol. The zero-order valence-electron chi connectivity index (χ0n) is 9.90. The second-order valence-corrected chi connectivity index (χ2v) is 4.03. The fourth-order valence-corrected chi connectivity index (χ4v) is 1.18. The Kier molecular flexibility index (Phi) is 7.49. The van der Waals surface area contributed by atoms with Crippen LogP contribution in [0.25, 0.3) is 0 Å². The molecule has 0 aliphatic carbocycles. The lowest BCUT2D eigenvalue weighted by molar-refractivity contribution is -0.138. The SMILES string of the molecule is CN(C)CC(=O)NCCCC[C@H](N)C(=O)O. The van der Waals surface area contributed by atoms with Crippen LogP contribution in [-0.4, -0.2) is 55.1 Å². The number of aliphatic carboxylic acids is 1. The van der Waals surface area contributed by atoms with Gasteiger partial charge < -0.3 is 21.1 Å². The van der Waals surface area contributed by atoms with Gasteiger partial charge in [0.2, 0.25) is 5.91 Å². The van der Waals surface area contributed by atoms with Crippen LogP contribution in [0.1, 0.15) is 19.3 Å². The maximum atomic E-state index is 11.2. The van der Waals surface area contributed by atoms with Crippen molar-refractivity contribution < 1.29 is 14.7 Å². The predicted molar refractivity (Wildman–Crippen MR) is 61.0 cm³/mol. The summed E-state index contributed by atoms with van der Waals surface area (Å²) in [6.45, 7) is 0.938. The van der Waals surface area contributed by atoms with E-state index in [4.69, 9.17) is 10.8 Å². The van der Waals surface area contributed by atoms with Crippen molar-refractivity contribution in [2.24, 2.45) is 5.73 Å². The lowest BCUT2D eigenvalue weighted by Crippen LogP contribution is -2.34. The van der Waals surface area contributed by atoms with Gasteiger partial charge in [0.25, 0.3) is 0 Å². The molecule has 6 nitrogen and oxygen atoms in total. The van der Waals surface area contributed by atoms with E-state index in [1.807, 2.05) is 14.1 Å². The summed E-state index contributed by atoms with van der Waals surface area (Å²) >= 11 is 0. The molecule has 1 amide bonds. The van der Waals surface area contributed by atoms with Crippen LogP contribution in [0, 0.1) is 0 Å². The van der Waals surface area contributed by atoms with Gasteiger partial charge in [-0.05, 0) is 33.4 Å². The van der Waals surface area contributed by atoms with E-state index in [9.17, 15) is 9.59 Å². The number of rotatable bonds is 8. The molecule has 0 radical (unpaired) electrons. The molecule has 0 rings (SSSR count). The first-order valence-corrected chi connectivity index (χ1v) is 5.33. The van der Waals surface area contributed by atoms with Crippen molar-refractivity contribution in [3.8, 4) is 0 Å². The molecule has 6 heteroatoms. The first-order chi connectivity index (χ1) is 7.43. The van der Waals surface area contributed by atoms with Gasteiger partial charge in [-0.25, -0.2) is 0 Å². The fraction of sp³-hybridized carbons (Fsp3) is 0.800. The molecule has 1 atom stereocenters. The highest BCUT2D eigenvalue weighted by atomic mass is 16.4. The van der Waals surface area contributed by atoms with Crippen molar-refractivity contribution in [1.82, 2.24) is 10.2 Å². The summed E-state index contributed by atoms with van der Waals surface area (Å²) in [5.41, 5.74) is 5.33. The summed E-state index contributed by atoms with van der Waals surface area (Å²) in [6.07, 6.45) is 1.90. The van der Waals surface area contributed by atoms with Crippen LogP contribution in [0.2, 0.25) is 0 Å². The van der Waals surface area contributed by atoms with Crippen LogP contribution in [0.5, 0.6) is 0 Å². The van der Waals surface area contributed by atoms with Crippen LogP contribution in [0.3, 0.4) is 0 Å². The topological polar surface area (TPSA) is 95.7 Å². The van der Waals surface area contributed by atoms with Crippen LogP contribution >= 0.6 is 0 Å². The highest BCUT2D eigenvalue weighted by Crippen LogP contribution is 1.98. The van der Waals surface area contributed by atoms with Crippen molar-refractivity contribution in [1.29, 1.82) is 0 Å². The van der Waals surface area contributed by atoms with E-state index in [-0.39, 0.29) is 5.91 Å². The van der Waals surface area contributed by atoms with Crippen LogP contribution in [-0.2, 0) is 9.59 Å². The van der Waals surface area contributed by atoms with E-state index >= 15 is 0 Å². The molecule has 0 aliphatic rings. The summed E-state index contributed by atoms with van der Waals surface area (Å²) in [7, 11) is 3.65. The number of hydrogen-bond donors (Lipinski definition) is 3. The van der Waals surface area contributed by atoms with Gasteiger partial charge in [-0.15, -0.1) is 0 Å². The maximum absolute atomic E-state index is 11.2. The highest BCUT2D eigenvalue weighted by Gasteiger charge is 2.10. The number of carbonyl (C=O) groups is 2. The first kappa shape index (κ1) is 14.9. The third kappa shape index (κ3) is 8.19. The number of carboxylic acids is 1. The van der Waals surface area contributed by atoms with Gasteiger partial charge in [0.05, 0.1) is 6.54 Å². The smallest absolute Gasteiger partial charge is 0.320 e. The largest absolute Gasteiger partial charge is 0.480 e. The van der Waals surface area contributed by atoms with Crippen LogP contribution < -0.4 is 11.1 Å². The molecular formula is C10H21N3O3. The number of unbranched alkanes of at least 4 members (excludes halogenated alkanes) is 1. The third-order valence-corrected chi connectivity index (χ3v) is 2.04. The number of likely N-dealkylation sites (N-methyl/N-ethyl adjacent to an activating group) is 1. The Morgan fingerprint density at radius 2 is 2.00 bits per heavy atom. The Morgan fingerprint density at radius 3 is 2.50 bits per heavy atom. The number of nitrogens with zero attached hydrogens (tertiary/aromatic N) is 1. The molecule has 94 valence electrons. The van der Waals surface area contributed by atoms with Gasteiger partial charge >= 0.3 is 5.97 Å². The van der Waals surface area contributed by atoms with E-state index in [0.29, 0.717) is 25.9 Å². The summed E-state index contributed by atoms with van der Waals surface area (Å²) in [5, 5.41) is 11.3. The van der Waals surface area contributed by atoms with Crippen molar-refractivity contribution in [2.75, 3.05) is 27.2 Å². The van der Waals surface area contributed by atoms with Gasteiger partial charge in [-0.2, -0.15) is 0 Å². The molecule has 0 bridgehead atoms. The molecule has 0 fully saturated rings. The van der Waals surface area contributed by atoms with Gasteiger partial charge in [0.1, 0.15) is 6.04 Å². The van der Waals surface area contributed by atoms with Crippen LogP contribution in [0.4, 0.5) is 0 Å². The first-order valence-electron chi connectivity index (χ1n) is 5.33. The van der Waals surface area contributed by atoms with Gasteiger partial charge in [-0.3, -0.25) is 9.59 Å². The molecule has 0 aromatic heterocycles. The van der Waals surface area contributed by atoms with Crippen molar-refractivity contribution >= 4 is 11.9 Å². The Morgan fingerprint density at radius 1 is 1.38 bits per heavy atom. The molecule has 0 spiro atoms. The Labute approximate surface area is 95.8 Å². The molecule has 0 heterocycles. The van der Waals surface area contributed by atoms with E-state index in [0.717, 1.165) is 6.42 Å². The number of carbonyl (C=O) groups excluding carboxylic acids is 1. The molecule has 0 saturated carbocycles. The molecular weight excluding hydrogens is 210 g/mol. The third-order valence-electron chi connectivity index (χ3n) is 2.04. The number of nitrogens with two attached hydrogens (primary N) is 1. The minimum atomic E-state index is -0.975. The Hall–Kier alpha value is -1.14. The maximum Gasteiger partial charge on any atom is 0.320 e. The monoisotopic (exact) mass is 231 g/mol. The summed E-state index contributed by atoms with van der Waals surface area (Å²) < 4.78 is 0. The van der Waals surface area contributed by atoms with Gasteiger partial charge in [0, 0.05) is 6.54 Å². The molecule has 0 saturated heterocycles. The van der Waals surface area contributed by atoms with Crippen molar-refractivity contribution in [2.45, 2.75) is 25.3 Å². The summed E-state index contributed by atoms with van der Waals surface area (Å²) in [6, 6.07) is -0.794. The average Bonchev–Trinajstić information content (AvgIpc) is 2.15. The number of hydrogen-bond acceptors (Lipinski definition) is 4. The fourth-order valence-electron chi connectivity index (χ4n) is 1.18. The normalized spacial score (nSPS) is 12.5. The molecule has 0 aromatic rings. The molecule has 0 aliphatic heterocycles. The molecule has 0 aromatic carbocycles. The summed E-state index contributed by atoms with van der Waals surface area (Å²) in [5.74, 6) is -0.996. The number of amides is 1. The molecule has 4 N–H and O–H groups in total. The standard InChI is InChI=1S/C10H21N3O3/c1-13(2)7-9(14)12-6-4-3-5-8(11)10(15)16/h8H,3-7,11H2,1-2H3,(H,12,14)(H,15,16)/t8-/m0/s1. The lowest BCUT2D eigenvalue weighted by atomic mass is 10.1. The molecule has 0 unspecified atom stereocenters. The Bertz CT molecular complexity index is 231. The van der Waals surface area contributed by atoms with E-state index in [1.54, 1.807) is 4.90 Å². The second kappa shape index (κ2) is 8.06. The minimum absolute atomic E-state index is 0.0208. The van der Waals surface area contributed by atoms with E-state index in [2.05, 4.69) is 5.32 Å². The van der Waals surface area contributed by atoms with Gasteiger partial charge in [0.15, 0.2) is 0 Å². The van der Waals surface area contributed by atoms with Crippen LogP contribution in [0.15, 0.2) is 0 Å². The summed E-state index contributed by atoms with van der Waals surface area (Å²) in [4.78, 5) is 23.4. The molecule has 16 heavy (non-hydrogen) atoms. The lowest BCUT2D eigenvalue weighted by Gasteiger charge is -2.10. The van der Waals surface area contributed by atoms with Crippen molar-refractivity contribution in [3.05, 3.63) is 0 Å². The number of nitrogens with one attached hydrogen (secondary N) is 1. The Balaban J connectivity index is 3.40. The second-order valence-electron chi connectivity index (χ2n) is 4.03. The minimum Gasteiger partial charge on any atom is -0.480 e. The van der Waals surface area contributed by atoms with E-state index < -0.39 is 12.0 Å². The predicted octanol–water partition coefficient (Wildman–Crippen LogP) is -0.754. The zero-order chi connectivity index (χ0) is 12.6. The quantitative estimate of drug-likeness (QED) is 0.478. The highest BCUT2D eigenvalue weighted by molar-refractivity contribution is 5.77. The van der Waals surface area contributed by atoms with Gasteiger partial charge in [-0.1, -0.05) is 0 Å². The number of carboxylic acid groups (broad SMARTS) is 1. The zero-order valence-corrected chi connectivity index (χ0v) is 9.90.